The molecule has 0 aromatic carbocycles. The number of hydrogen-bond acceptors (Lipinski definition) is 3. The molecule has 1 atom stereocenters. The van der Waals surface area contributed by atoms with Crippen LogP contribution >= 0.6 is 0 Å². The highest BCUT2D eigenvalue weighted by atomic mass is 32.2. The van der Waals surface area contributed by atoms with E-state index < -0.39 is 9.84 Å². The van der Waals surface area contributed by atoms with Gasteiger partial charge in [-0.05, 0) is 13.3 Å². The summed E-state index contributed by atoms with van der Waals surface area (Å²) in [5, 5.41) is 8.44. The van der Waals surface area contributed by atoms with E-state index in [4.69, 9.17) is 5.11 Å². The number of unbranched alkanes of at least 4 members (excludes halogenated alkanes) is 11. The van der Waals surface area contributed by atoms with Crippen LogP contribution in [0.25, 0.3) is 0 Å². The number of sulfone groups is 1. The van der Waals surface area contributed by atoms with Crippen molar-refractivity contribution in [2.75, 3.05) is 12.4 Å². The minimum Gasteiger partial charge on any atom is -0.395 e. The summed E-state index contributed by atoms with van der Waals surface area (Å²) < 4.78 is 23.4. The number of aliphatic hydroxyl groups excluding tert-OH is 1. The lowest BCUT2D eigenvalue weighted by molar-refractivity contribution is 0.319. The van der Waals surface area contributed by atoms with Crippen LogP contribution in [-0.4, -0.2) is 31.1 Å². The molecule has 0 aliphatic rings. The lowest BCUT2D eigenvalue weighted by Crippen LogP contribution is -2.22. The normalized spacial score (nSPS) is 13.4. The van der Waals surface area contributed by atoms with Gasteiger partial charge in [-0.25, -0.2) is 8.42 Å². The van der Waals surface area contributed by atoms with Gasteiger partial charge in [0.1, 0.15) is 0 Å². The fraction of sp³-hybridized carbons (Fsp3) is 1.00. The largest absolute Gasteiger partial charge is 0.395 e. The highest BCUT2D eigenvalue weighted by Crippen LogP contribution is 2.15. The van der Waals surface area contributed by atoms with E-state index in [1.807, 2.05) is 0 Å². The third kappa shape index (κ3) is 12.5. The van der Waals surface area contributed by atoms with Gasteiger partial charge in [-0.15, -0.1) is 0 Å². The van der Waals surface area contributed by atoms with Gasteiger partial charge in [0, 0.05) is 0 Å². The van der Waals surface area contributed by atoms with Crippen molar-refractivity contribution in [3.8, 4) is 0 Å². The van der Waals surface area contributed by atoms with Crippen molar-refractivity contribution in [1.82, 2.24) is 0 Å². The van der Waals surface area contributed by atoms with E-state index in [-0.39, 0.29) is 17.6 Å². The molecule has 0 radical (unpaired) electrons. The Balaban J connectivity index is 3.33. The Morgan fingerprint density at radius 3 is 1.59 bits per heavy atom. The molecule has 0 aliphatic carbocycles. The van der Waals surface area contributed by atoms with Crippen LogP contribution in [0.4, 0.5) is 0 Å². The molecule has 0 amide bonds. The molecule has 0 aliphatic heterocycles. The van der Waals surface area contributed by atoms with E-state index in [1.54, 1.807) is 6.92 Å². The molecule has 3 nitrogen and oxygen atoms in total. The second-order valence-corrected chi connectivity index (χ2v) is 9.12. The molecule has 1 N–H and O–H groups in total. The topological polar surface area (TPSA) is 54.4 Å². The van der Waals surface area contributed by atoms with Crippen LogP contribution in [0, 0.1) is 0 Å². The van der Waals surface area contributed by atoms with Gasteiger partial charge in [0.2, 0.25) is 0 Å². The summed E-state index contributed by atoms with van der Waals surface area (Å²) in [5.74, 6) is -0.0909. The van der Waals surface area contributed by atoms with E-state index >= 15 is 0 Å². The molecule has 0 heterocycles. The molecule has 0 spiro atoms. The van der Waals surface area contributed by atoms with Crippen molar-refractivity contribution in [2.45, 2.75) is 103 Å². The molecule has 0 aromatic rings. The second-order valence-electron chi connectivity index (χ2n) is 6.58. The van der Waals surface area contributed by atoms with Gasteiger partial charge in [-0.1, -0.05) is 84.0 Å². The molecule has 0 bridgehead atoms. The molecule has 0 saturated heterocycles. The highest BCUT2D eigenvalue weighted by molar-refractivity contribution is 7.92. The Hall–Kier alpha value is -0.0900. The number of hydrogen-bond donors (Lipinski definition) is 1. The Labute approximate surface area is 138 Å². The van der Waals surface area contributed by atoms with E-state index in [1.165, 1.54) is 64.2 Å². The fourth-order valence-electron chi connectivity index (χ4n) is 2.78. The van der Waals surface area contributed by atoms with Gasteiger partial charge in [-0.3, -0.25) is 0 Å². The summed E-state index contributed by atoms with van der Waals surface area (Å²) in [6.45, 7) is 3.76. The summed E-state index contributed by atoms with van der Waals surface area (Å²) in [6.07, 6.45) is 16.3. The monoisotopic (exact) mass is 334 g/mol. The molecule has 4 heteroatoms. The average molecular weight is 335 g/mol. The quantitative estimate of drug-likeness (QED) is 0.410. The maximum atomic E-state index is 11.7. The lowest BCUT2D eigenvalue weighted by atomic mass is 10.0. The van der Waals surface area contributed by atoms with Gasteiger partial charge < -0.3 is 5.11 Å². The first-order valence-corrected chi connectivity index (χ1v) is 11.1. The first-order valence-electron chi connectivity index (χ1n) is 9.37. The average Bonchev–Trinajstić information content (AvgIpc) is 2.48. The third-order valence-electron chi connectivity index (χ3n) is 4.45. The summed E-state index contributed by atoms with van der Waals surface area (Å²) in [6, 6.07) is 0. The van der Waals surface area contributed by atoms with Crippen molar-refractivity contribution in [1.29, 1.82) is 0 Å². The van der Waals surface area contributed by atoms with Crippen molar-refractivity contribution >= 4 is 9.84 Å². The van der Waals surface area contributed by atoms with Gasteiger partial charge in [0.05, 0.1) is 17.6 Å². The van der Waals surface area contributed by atoms with Crippen molar-refractivity contribution < 1.29 is 13.5 Å². The van der Waals surface area contributed by atoms with Gasteiger partial charge in [0.15, 0.2) is 9.84 Å². The van der Waals surface area contributed by atoms with E-state index in [9.17, 15) is 8.42 Å². The van der Waals surface area contributed by atoms with Crippen LogP contribution in [0.3, 0.4) is 0 Å². The van der Waals surface area contributed by atoms with Crippen LogP contribution in [0.2, 0.25) is 0 Å². The maximum absolute atomic E-state index is 11.7. The minimum atomic E-state index is -3.07. The minimum absolute atomic E-state index is 0.0909. The highest BCUT2D eigenvalue weighted by Gasteiger charge is 2.19. The predicted octanol–water partition coefficient (Wildman–Crippen LogP) is 4.87. The second kappa shape index (κ2) is 14.5. The van der Waals surface area contributed by atoms with E-state index in [0.29, 0.717) is 0 Å². The van der Waals surface area contributed by atoms with Crippen LogP contribution in [-0.2, 0) is 9.84 Å². The van der Waals surface area contributed by atoms with Crippen molar-refractivity contribution in [2.24, 2.45) is 0 Å². The molecule has 1 unspecified atom stereocenters. The molecule has 0 saturated carbocycles. The fourth-order valence-corrected chi connectivity index (χ4v) is 3.96. The number of aliphatic hydroxyl groups is 1. The van der Waals surface area contributed by atoms with E-state index in [0.717, 1.165) is 19.3 Å². The summed E-state index contributed by atoms with van der Waals surface area (Å²) in [5.41, 5.74) is 0. The zero-order chi connectivity index (χ0) is 16.7. The smallest absolute Gasteiger partial charge is 0.155 e. The molecule has 22 heavy (non-hydrogen) atoms. The molecule has 134 valence electrons. The van der Waals surface area contributed by atoms with Crippen LogP contribution in [0.15, 0.2) is 0 Å². The van der Waals surface area contributed by atoms with E-state index in [2.05, 4.69) is 6.92 Å². The van der Waals surface area contributed by atoms with Gasteiger partial charge in [-0.2, -0.15) is 0 Å². The zero-order valence-electron chi connectivity index (χ0n) is 14.9. The Morgan fingerprint density at radius 2 is 1.18 bits per heavy atom. The van der Waals surface area contributed by atoms with Crippen LogP contribution < -0.4 is 0 Å². The summed E-state index contributed by atoms with van der Waals surface area (Å²) in [4.78, 5) is 0. The first kappa shape index (κ1) is 21.9. The van der Waals surface area contributed by atoms with Crippen LogP contribution in [0.5, 0.6) is 0 Å². The summed E-state index contributed by atoms with van der Waals surface area (Å²) in [7, 11) is -3.07. The SMILES string of the molecule is CCCCCCCCCCCCCCC(C)S(=O)(=O)CCO. The van der Waals surface area contributed by atoms with Crippen molar-refractivity contribution in [3.05, 3.63) is 0 Å². The molecule has 0 aromatic heterocycles. The molecular weight excluding hydrogens is 296 g/mol. The standard InChI is InChI=1S/C18H38O3S/c1-3-4-5-6-7-8-9-10-11-12-13-14-15-18(2)22(20,21)17-16-19/h18-19H,3-17H2,1-2H3. The molecule has 0 fully saturated rings. The van der Waals surface area contributed by atoms with Gasteiger partial charge >= 0.3 is 0 Å². The maximum Gasteiger partial charge on any atom is 0.155 e. The third-order valence-corrected chi connectivity index (χ3v) is 6.67. The number of rotatable bonds is 16. The van der Waals surface area contributed by atoms with Gasteiger partial charge in [0.25, 0.3) is 0 Å². The molecular formula is C18H38O3S. The summed E-state index contributed by atoms with van der Waals surface area (Å²) >= 11 is 0. The Morgan fingerprint density at radius 1 is 0.773 bits per heavy atom. The van der Waals surface area contributed by atoms with Crippen molar-refractivity contribution in [3.63, 3.8) is 0 Å². The Kier molecular flexibility index (Phi) is 14.4. The van der Waals surface area contributed by atoms with Crippen LogP contribution in [0.1, 0.15) is 97.3 Å². The predicted molar refractivity (Wildman–Crippen MR) is 96.0 cm³/mol. The Bertz CT molecular complexity index is 325. The zero-order valence-corrected chi connectivity index (χ0v) is 15.7. The molecule has 0 rings (SSSR count). The lowest BCUT2D eigenvalue weighted by Gasteiger charge is -2.11. The first-order chi connectivity index (χ1) is 10.5.